The van der Waals surface area contributed by atoms with E-state index in [4.69, 9.17) is 40.4 Å². The summed E-state index contributed by atoms with van der Waals surface area (Å²) in [6, 6.07) is 25.2. The zero-order chi connectivity index (χ0) is 98.0. The number of ether oxygens (including phenoxy) is 4. The number of cyclic esters (lactones) is 2. The first-order valence-corrected chi connectivity index (χ1v) is 52.5. The molecule has 36 nitrogen and oxygen atoms in total. The van der Waals surface area contributed by atoms with E-state index in [-0.39, 0.29) is 103 Å². The second-order valence-corrected chi connectivity index (χ2v) is 39.2. The summed E-state index contributed by atoms with van der Waals surface area (Å²) in [6.45, 7) is 27.8. The minimum Gasteiger partial charge on any atom is -0.457 e. The number of rotatable bonds is 68. The van der Waals surface area contributed by atoms with E-state index in [0.29, 0.717) is 92.5 Å². The maximum Gasteiger partial charge on any atom is 0.355 e. The normalized spacial score (nSPS) is 17.7. The minimum atomic E-state index is -1.95. The van der Waals surface area contributed by atoms with Gasteiger partial charge in [0.05, 0.1) is 58.0 Å². The number of para-hydroxylation sites is 2. The van der Waals surface area contributed by atoms with Crippen LogP contribution in [0, 0.1) is 0 Å². The molecular weight excluding hydrogens is 1780 g/mol. The molecule has 4 aliphatic heterocycles. The van der Waals surface area contributed by atoms with Crippen LogP contribution in [-0.4, -0.2) is 336 Å². The first-order chi connectivity index (χ1) is 68.3. The number of amides is 3. The van der Waals surface area contributed by atoms with Crippen molar-refractivity contribution in [2.24, 2.45) is 11.5 Å². The standard InChI is InChI=1S/C104H156N22O14/c1-3-103(86-67-90-97-77(65-75-17-6-8-28-88(75)117-97)71-125(90)99(133)84(86)73-137-101(103)135)139-95(131)69-115-93(129)31-30-83(127)27-16-50-121(54-45-112-80-21-13-22-80)61-64-123(55-46-113-81-23-14-24-81)63-59-119(51-35-106)48-10-5-11-49-120(52-42-110-44-58-124(82-25-15-26-82)57-43-107-36-34-105)60-62-122(53-41-109-38-37-108-39-40-111-79-19-12-20-79)56-47-114-92(128)32-33-94(130)116-70-96(132)140-104(4-2)87-68-91-98-78(66-76-18-7-9-29-89(76)118-98)72-126(91)100(134)85(87)74-138-102(104)136/h6-9,17-18,28-29,65-68,79-82,107-113H,3-5,10-16,19-27,30-64,69-74,105-106H2,1-2H3,(H,114,128)(H,115,129)(H,116,130)/t103-,104-/m0/s1. The molecule has 2 aromatic carbocycles. The maximum absolute atomic E-state index is 14.2. The number of pyridine rings is 4. The van der Waals surface area contributed by atoms with Gasteiger partial charge in [-0.3, -0.25) is 53.1 Å². The van der Waals surface area contributed by atoms with Crippen molar-refractivity contribution in [1.29, 1.82) is 0 Å². The highest BCUT2D eigenvalue weighted by molar-refractivity contribution is 5.93. The number of esters is 4. The monoisotopic (exact) mass is 1940 g/mol. The molecule has 0 saturated heterocycles. The van der Waals surface area contributed by atoms with Crippen LogP contribution in [0.4, 0.5) is 0 Å². The minimum absolute atomic E-state index is 0.00506. The van der Waals surface area contributed by atoms with Gasteiger partial charge in [-0.05, 0) is 140 Å². The fourth-order valence-electron chi connectivity index (χ4n) is 20.2. The number of hydrogen-bond acceptors (Lipinski definition) is 31. The van der Waals surface area contributed by atoms with Crippen LogP contribution in [0.25, 0.3) is 44.6 Å². The van der Waals surface area contributed by atoms with Crippen molar-refractivity contribution in [3.8, 4) is 22.8 Å². The van der Waals surface area contributed by atoms with Crippen LogP contribution in [0.5, 0.6) is 0 Å². The summed E-state index contributed by atoms with van der Waals surface area (Å²) in [4.78, 5) is 162. The Labute approximate surface area is 824 Å². The summed E-state index contributed by atoms with van der Waals surface area (Å²) in [5.74, 6) is -4.80. The second kappa shape index (κ2) is 54.3. The Morgan fingerprint density at radius 3 is 1.28 bits per heavy atom. The molecule has 8 heterocycles. The molecule has 140 heavy (non-hydrogen) atoms. The van der Waals surface area contributed by atoms with Gasteiger partial charge < -0.3 is 107 Å². The van der Waals surface area contributed by atoms with Gasteiger partial charge in [0.1, 0.15) is 32.1 Å². The lowest BCUT2D eigenvalue weighted by Crippen LogP contribution is -2.48. The molecule has 2 atom stereocenters. The van der Waals surface area contributed by atoms with Crippen molar-refractivity contribution < 1.29 is 57.3 Å². The molecule has 3 amide bonds. The highest BCUT2D eigenvalue weighted by Gasteiger charge is 2.52. The van der Waals surface area contributed by atoms with Gasteiger partial charge in [-0.15, -0.1) is 0 Å². The lowest BCUT2D eigenvalue weighted by atomic mass is 9.85. The Morgan fingerprint density at radius 2 is 0.814 bits per heavy atom. The third-order valence-electron chi connectivity index (χ3n) is 29.7. The van der Waals surface area contributed by atoms with Gasteiger partial charge in [0.15, 0.2) is 0 Å². The topological polar surface area (TPSA) is 435 Å². The van der Waals surface area contributed by atoms with E-state index in [1.54, 1.807) is 35.1 Å². The highest BCUT2D eigenvalue weighted by atomic mass is 16.6. The van der Waals surface area contributed by atoms with Gasteiger partial charge in [0, 0.05) is 273 Å². The van der Waals surface area contributed by atoms with Crippen LogP contribution < -0.4 is 75.8 Å². The number of nitrogens with zero attached hydrogens (tertiary/aromatic N) is 10. The molecule has 4 saturated carbocycles. The van der Waals surface area contributed by atoms with E-state index >= 15 is 0 Å². The number of hydrogen-bond donors (Lipinski definition) is 12. The molecule has 4 fully saturated rings. The van der Waals surface area contributed by atoms with Crippen molar-refractivity contribution in [2.75, 3.05) is 216 Å². The van der Waals surface area contributed by atoms with Crippen LogP contribution in [0.3, 0.4) is 0 Å². The molecule has 766 valence electrons. The number of benzene rings is 2. The number of fused-ring (bicyclic) bond motifs is 10. The number of carbonyl (C=O) groups excluding carboxylic acids is 8. The number of ketones is 1. The van der Waals surface area contributed by atoms with E-state index in [1.165, 1.54) is 77.0 Å². The Bertz CT molecular complexity index is 5240. The van der Waals surface area contributed by atoms with Gasteiger partial charge in [-0.2, -0.15) is 0 Å². The Hall–Kier alpha value is -9.48. The summed E-state index contributed by atoms with van der Waals surface area (Å²) in [5.41, 5.74) is 14.0. The van der Waals surface area contributed by atoms with Crippen LogP contribution in [-0.2, 0) is 94.8 Å². The van der Waals surface area contributed by atoms with E-state index in [0.717, 1.165) is 229 Å². The maximum atomic E-state index is 14.2. The summed E-state index contributed by atoms with van der Waals surface area (Å²) >= 11 is 0. The van der Waals surface area contributed by atoms with Crippen LogP contribution in [0.1, 0.15) is 195 Å². The zero-order valence-corrected chi connectivity index (χ0v) is 83.0. The van der Waals surface area contributed by atoms with E-state index in [2.05, 4.69) is 82.6 Å². The molecule has 36 heteroatoms. The molecule has 4 aliphatic carbocycles. The summed E-state index contributed by atoms with van der Waals surface area (Å²) in [6.07, 6.45) is 18.4. The van der Waals surface area contributed by atoms with Crippen molar-refractivity contribution in [1.82, 2.24) is 102 Å². The molecule has 6 aromatic rings. The molecular formula is C104H156N22O14. The van der Waals surface area contributed by atoms with E-state index in [9.17, 15) is 47.9 Å². The second-order valence-electron chi connectivity index (χ2n) is 39.2. The first-order valence-electron chi connectivity index (χ1n) is 52.5. The van der Waals surface area contributed by atoms with E-state index < -0.39 is 60.0 Å². The molecule has 14 N–H and O–H groups in total. The largest absolute Gasteiger partial charge is 0.457 e. The summed E-state index contributed by atoms with van der Waals surface area (Å²) in [5, 5.41) is 35.9. The highest BCUT2D eigenvalue weighted by Crippen LogP contribution is 2.44. The Morgan fingerprint density at radius 1 is 0.414 bits per heavy atom. The molecule has 14 rings (SSSR count). The number of unbranched alkanes of at least 4 members (excludes halogenated alkanes) is 2. The average molecular weight is 1940 g/mol. The zero-order valence-electron chi connectivity index (χ0n) is 83.0. The molecule has 0 radical (unpaired) electrons. The number of carbonyl (C=O) groups is 8. The van der Waals surface area contributed by atoms with Crippen LogP contribution in [0.15, 0.2) is 82.4 Å². The third-order valence-corrected chi connectivity index (χ3v) is 29.7. The third kappa shape index (κ3) is 29.4. The van der Waals surface area contributed by atoms with E-state index in [1.807, 2.05) is 60.7 Å². The lowest BCUT2D eigenvalue weighted by molar-refractivity contribution is -0.189. The quantitative estimate of drug-likeness (QED) is 0.0147. The SMILES string of the molecule is CC[C@@]1(OC(=O)CNC(=O)CCC(=O)CCCN(CCNC2CCC2)CCN(CCNC2CCC2)CCN(CCN)CCCCCN(CCNCCN(CCNCCN)C2CCC2)CCN(CCNCCNCCNC2CCC2)CCNC(=O)CCC(=O)NCC(=O)O[C@]2(CC)C(=O)OCc3c2cc2n(c3=O)Cc3cc4ccccc4nc3-2)C(=O)OCc2c1cc1n(c2=O)Cc2cc3ccccc3nc2-1. The van der Waals surface area contributed by atoms with Gasteiger partial charge in [-0.1, -0.05) is 82.3 Å². The number of Topliss-reactive ketones (excluding diaryl/α,β-unsaturated/α-hetero) is 1. The number of aromatic nitrogens is 4. The molecule has 8 aliphatic rings. The molecule has 0 unspecified atom stereocenters. The van der Waals surface area contributed by atoms with Crippen molar-refractivity contribution >= 4 is 69.2 Å². The predicted octanol–water partition coefficient (Wildman–Crippen LogP) is 3.77. The first kappa shape index (κ1) is 106. The van der Waals surface area contributed by atoms with Crippen molar-refractivity contribution in [2.45, 2.75) is 223 Å². The summed E-state index contributed by atoms with van der Waals surface area (Å²) < 4.78 is 26.2. The fourth-order valence-corrected chi connectivity index (χ4v) is 20.2. The Balaban J connectivity index is 0.542. The Kier molecular flexibility index (Phi) is 41.2. The predicted molar refractivity (Wildman–Crippen MR) is 540 cm³/mol. The van der Waals surface area contributed by atoms with Crippen molar-refractivity contribution in [3.05, 3.63) is 127 Å². The van der Waals surface area contributed by atoms with Gasteiger partial charge in [-0.25, -0.2) is 19.6 Å². The average Bonchev–Trinajstić information content (AvgIpc) is 1.53. The number of nitrogens with one attached hydrogen (secondary N) is 10. The molecule has 0 spiro atoms. The van der Waals surface area contributed by atoms with Gasteiger partial charge in [0.25, 0.3) is 11.1 Å². The van der Waals surface area contributed by atoms with Crippen LogP contribution in [0.2, 0.25) is 0 Å². The van der Waals surface area contributed by atoms with Gasteiger partial charge in [0.2, 0.25) is 28.9 Å². The fraction of sp³-hybridized carbons (Fsp3) is 0.654. The van der Waals surface area contributed by atoms with Crippen molar-refractivity contribution in [3.63, 3.8) is 0 Å². The molecule has 4 aromatic heterocycles. The lowest BCUT2D eigenvalue weighted by Gasteiger charge is -2.37. The number of nitrogens with two attached hydrogens (primary N) is 2. The van der Waals surface area contributed by atoms with Gasteiger partial charge >= 0.3 is 23.9 Å². The molecule has 0 bridgehead atoms. The summed E-state index contributed by atoms with van der Waals surface area (Å²) in [7, 11) is 0. The van der Waals surface area contributed by atoms with Crippen LogP contribution >= 0.6 is 0 Å². The smallest absolute Gasteiger partial charge is 0.355 e.